The van der Waals surface area contributed by atoms with Gasteiger partial charge in [-0.25, -0.2) is 4.79 Å². The zero-order chi connectivity index (χ0) is 22.0. The fourth-order valence-corrected chi connectivity index (χ4v) is 4.76. The summed E-state index contributed by atoms with van der Waals surface area (Å²) in [7, 11) is 1.39. The lowest BCUT2D eigenvalue weighted by molar-refractivity contribution is -0.140. The third-order valence-electron chi connectivity index (χ3n) is 6.37. The Morgan fingerprint density at radius 2 is 1.94 bits per heavy atom. The molecule has 1 aliphatic carbocycles. The molecule has 0 spiro atoms. The number of aryl methyl sites for hydroxylation is 2. The van der Waals surface area contributed by atoms with Crippen molar-refractivity contribution in [3.05, 3.63) is 64.7 Å². The first-order chi connectivity index (χ1) is 15.0. The van der Waals surface area contributed by atoms with E-state index in [1.807, 2.05) is 37.3 Å². The Bertz CT molecular complexity index is 951. The minimum absolute atomic E-state index is 0.0172. The molecular formula is C25H28O6. The van der Waals surface area contributed by atoms with Crippen molar-refractivity contribution >= 4 is 11.9 Å². The number of carbonyl (C=O) groups excluding carboxylic acids is 2. The molecule has 2 aliphatic rings. The minimum Gasteiger partial charge on any atom is -0.489 e. The highest BCUT2D eigenvalue weighted by atomic mass is 16.6. The van der Waals surface area contributed by atoms with E-state index in [1.165, 1.54) is 7.11 Å². The van der Waals surface area contributed by atoms with Gasteiger partial charge in [-0.15, -0.1) is 0 Å². The maximum atomic E-state index is 12.6. The first kappa shape index (κ1) is 21.4. The van der Waals surface area contributed by atoms with Crippen LogP contribution in [0.1, 0.15) is 52.2 Å². The molecule has 1 saturated carbocycles. The Hall–Kier alpha value is -2.86. The Labute approximate surface area is 182 Å². The third-order valence-corrected chi connectivity index (χ3v) is 6.37. The zero-order valence-corrected chi connectivity index (χ0v) is 17.9. The number of esters is 2. The van der Waals surface area contributed by atoms with Gasteiger partial charge in [0.25, 0.3) is 0 Å². The molecule has 0 aromatic heterocycles. The van der Waals surface area contributed by atoms with Crippen LogP contribution in [-0.2, 0) is 20.7 Å². The van der Waals surface area contributed by atoms with Crippen LogP contribution in [0, 0.1) is 12.8 Å². The summed E-state index contributed by atoms with van der Waals surface area (Å²) in [4.78, 5) is 24.0. The number of fused-ring (bicyclic) bond motifs is 3. The summed E-state index contributed by atoms with van der Waals surface area (Å²) in [6.07, 6.45) is 1.78. The van der Waals surface area contributed by atoms with Crippen LogP contribution in [-0.4, -0.2) is 43.0 Å². The number of ether oxygens (including phenoxy) is 3. The highest BCUT2D eigenvalue weighted by Gasteiger charge is 2.51. The van der Waals surface area contributed by atoms with Crippen molar-refractivity contribution in [3.8, 4) is 5.75 Å². The molecular weight excluding hydrogens is 396 g/mol. The zero-order valence-electron chi connectivity index (χ0n) is 17.9. The Morgan fingerprint density at radius 1 is 1.16 bits per heavy atom. The van der Waals surface area contributed by atoms with E-state index in [9.17, 15) is 14.7 Å². The second kappa shape index (κ2) is 9.10. The molecule has 4 rings (SSSR count). The van der Waals surface area contributed by atoms with Gasteiger partial charge in [-0.3, -0.25) is 4.79 Å². The number of aliphatic hydroxyl groups excluding tert-OH is 1. The number of methoxy groups -OCH3 is 1. The summed E-state index contributed by atoms with van der Waals surface area (Å²) in [6.45, 7) is 1.88. The van der Waals surface area contributed by atoms with Gasteiger partial charge in [0.15, 0.2) is 0 Å². The summed E-state index contributed by atoms with van der Waals surface area (Å²) < 4.78 is 16.8. The van der Waals surface area contributed by atoms with Crippen molar-refractivity contribution in [2.24, 2.45) is 5.92 Å². The van der Waals surface area contributed by atoms with Gasteiger partial charge in [-0.05, 0) is 37.5 Å². The average Bonchev–Trinajstić information content (AvgIpc) is 3.29. The molecule has 4 atom stereocenters. The third kappa shape index (κ3) is 4.30. The summed E-state index contributed by atoms with van der Waals surface area (Å²) in [5, 5.41) is 10.1. The van der Waals surface area contributed by atoms with Crippen LogP contribution in [0.15, 0.2) is 42.5 Å². The number of benzene rings is 2. The van der Waals surface area contributed by atoms with Gasteiger partial charge in [-0.1, -0.05) is 35.9 Å². The van der Waals surface area contributed by atoms with Crippen molar-refractivity contribution in [1.29, 1.82) is 0 Å². The summed E-state index contributed by atoms with van der Waals surface area (Å²) in [5.74, 6) is 0.0237. The largest absolute Gasteiger partial charge is 0.489 e. The van der Waals surface area contributed by atoms with Crippen molar-refractivity contribution in [3.63, 3.8) is 0 Å². The number of hydrogen-bond donors (Lipinski definition) is 1. The van der Waals surface area contributed by atoms with Crippen LogP contribution in [0.4, 0.5) is 0 Å². The molecule has 2 aromatic rings. The Kier molecular flexibility index (Phi) is 6.28. The fraction of sp³-hybridized carbons (Fsp3) is 0.440. The first-order valence-electron chi connectivity index (χ1n) is 10.8. The predicted octanol–water partition coefficient (Wildman–Crippen LogP) is 3.57. The molecule has 0 bridgehead atoms. The highest BCUT2D eigenvalue weighted by Crippen LogP contribution is 2.52. The Balaban J connectivity index is 1.47. The minimum atomic E-state index is -0.398. The average molecular weight is 424 g/mol. The molecule has 1 N–H and O–H groups in total. The summed E-state index contributed by atoms with van der Waals surface area (Å²) in [6, 6.07) is 13.3. The van der Waals surface area contributed by atoms with E-state index in [4.69, 9.17) is 14.2 Å². The van der Waals surface area contributed by atoms with Gasteiger partial charge in [0, 0.05) is 30.2 Å². The van der Waals surface area contributed by atoms with E-state index in [1.54, 1.807) is 12.1 Å². The van der Waals surface area contributed by atoms with Crippen molar-refractivity contribution in [2.75, 3.05) is 13.7 Å². The fourth-order valence-electron chi connectivity index (χ4n) is 4.76. The molecule has 1 aliphatic heterocycles. The molecule has 0 amide bonds. The number of hydrogen-bond acceptors (Lipinski definition) is 6. The normalized spacial score (nSPS) is 23.6. The van der Waals surface area contributed by atoms with Gasteiger partial charge in [0.05, 0.1) is 19.3 Å². The molecule has 1 heterocycles. The second-order valence-corrected chi connectivity index (χ2v) is 8.34. The molecule has 2 unspecified atom stereocenters. The van der Waals surface area contributed by atoms with Gasteiger partial charge in [-0.2, -0.15) is 0 Å². The highest BCUT2D eigenvalue weighted by molar-refractivity contribution is 5.89. The van der Waals surface area contributed by atoms with Gasteiger partial charge >= 0.3 is 11.9 Å². The summed E-state index contributed by atoms with van der Waals surface area (Å²) >= 11 is 0. The van der Waals surface area contributed by atoms with E-state index < -0.39 is 6.10 Å². The van der Waals surface area contributed by atoms with Crippen LogP contribution in [0.5, 0.6) is 5.75 Å². The predicted molar refractivity (Wildman–Crippen MR) is 114 cm³/mol. The van der Waals surface area contributed by atoms with Gasteiger partial charge < -0.3 is 19.3 Å². The van der Waals surface area contributed by atoms with Crippen molar-refractivity contribution in [2.45, 2.75) is 50.7 Å². The van der Waals surface area contributed by atoms with Crippen LogP contribution >= 0.6 is 0 Å². The Morgan fingerprint density at radius 3 is 2.65 bits per heavy atom. The molecule has 0 radical (unpaired) electrons. The number of para-hydroxylation sites is 1. The van der Waals surface area contributed by atoms with E-state index in [0.29, 0.717) is 31.2 Å². The molecule has 6 nitrogen and oxygen atoms in total. The maximum Gasteiger partial charge on any atom is 0.338 e. The van der Waals surface area contributed by atoms with Crippen LogP contribution < -0.4 is 4.74 Å². The molecule has 6 heteroatoms. The monoisotopic (exact) mass is 424 g/mol. The summed E-state index contributed by atoms with van der Waals surface area (Å²) in [5.41, 5.74) is 3.69. The van der Waals surface area contributed by atoms with Crippen LogP contribution in [0.3, 0.4) is 0 Å². The maximum absolute atomic E-state index is 12.6. The van der Waals surface area contributed by atoms with Crippen molar-refractivity contribution < 1.29 is 28.9 Å². The lowest BCUT2D eigenvalue weighted by Crippen LogP contribution is -2.27. The van der Waals surface area contributed by atoms with Gasteiger partial charge in [0.2, 0.25) is 0 Å². The molecule has 164 valence electrons. The lowest BCUT2D eigenvalue weighted by Gasteiger charge is -2.22. The van der Waals surface area contributed by atoms with Gasteiger partial charge in [0.1, 0.15) is 18.0 Å². The van der Waals surface area contributed by atoms with E-state index in [-0.39, 0.29) is 36.5 Å². The van der Waals surface area contributed by atoms with Crippen LogP contribution in [0.25, 0.3) is 0 Å². The quantitative estimate of drug-likeness (QED) is 0.685. The van der Waals surface area contributed by atoms with Crippen molar-refractivity contribution in [1.82, 2.24) is 0 Å². The van der Waals surface area contributed by atoms with Crippen LogP contribution in [0.2, 0.25) is 0 Å². The molecule has 0 saturated heterocycles. The lowest BCUT2D eigenvalue weighted by atomic mass is 9.87. The number of rotatable bonds is 7. The first-order valence-corrected chi connectivity index (χ1v) is 10.8. The molecule has 2 aromatic carbocycles. The second-order valence-electron chi connectivity index (χ2n) is 8.34. The smallest absolute Gasteiger partial charge is 0.338 e. The van der Waals surface area contributed by atoms with E-state index in [0.717, 1.165) is 22.4 Å². The van der Waals surface area contributed by atoms with E-state index >= 15 is 0 Å². The molecule has 1 fully saturated rings. The number of aliphatic hydroxyl groups is 1. The van der Waals surface area contributed by atoms with E-state index in [2.05, 4.69) is 0 Å². The number of carbonyl (C=O) groups is 2. The SMILES string of the molecule is COC(=O)CCCc1cccc2c1O[C@@H]1CC(OC(=O)c3ccc(C)cc3)C(CO)[C@H]21. The molecule has 31 heavy (non-hydrogen) atoms. The standard InChI is InChI=1S/C25H28O6/c1-15-9-11-17(12-10-15)25(28)31-20-13-21-23(19(20)14-26)18-7-3-5-16(24(18)30-21)6-4-8-22(27)29-2/h3,5,7,9-12,19-21,23,26H,4,6,8,13-14H2,1-2H3/t19?,20?,21-,23+/m1/s1. The topological polar surface area (TPSA) is 82.1 Å².